The number of amides is 1. The van der Waals surface area contributed by atoms with Crippen molar-refractivity contribution in [3.63, 3.8) is 0 Å². The largest absolute Gasteiger partial charge is 0.290 e. The standard InChI is InChI=1S/C20H23N3OS/c1-20(2,3)15-7-9-17(10-8-15)22-19-23(18(24)14-25-19)13-11-16-6-4-5-12-21-16/h4-10,12H,11,13-14H2,1-3H3. The number of hydrogen-bond donors (Lipinski definition) is 0. The number of rotatable bonds is 4. The Kier molecular flexibility index (Phi) is 5.23. The minimum atomic E-state index is 0.117. The number of hydrogen-bond acceptors (Lipinski definition) is 4. The van der Waals surface area contributed by atoms with E-state index < -0.39 is 0 Å². The fraction of sp³-hybridized carbons (Fsp3) is 0.350. The van der Waals surface area contributed by atoms with Crippen molar-refractivity contribution in [2.24, 2.45) is 4.99 Å². The van der Waals surface area contributed by atoms with E-state index in [-0.39, 0.29) is 11.3 Å². The van der Waals surface area contributed by atoms with Crippen molar-refractivity contribution in [2.75, 3.05) is 12.3 Å². The maximum atomic E-state index is 12.2. The molecule has 25 heavy (non-hydrogen) atoms. The first-order valence-corrected chi connectivity index (χ1v) is 9.44. The molecule has 0 saturated carbocycles. The second-order valence-corrected chi connectivity index (χ2v) is 8.04. The second-order valence-electron chi connectivity index (χ2n) is 7.10. The van der Waals surface area contributed by atoms with E-state index in [0.29, 0.717) is 12.3 Å². The number of nitrogens with zero attached hydrogens (tertiary/aromatic N) is 3. The van der Waals surface area contributed by atoms with E-state index in [1.165, 1.54) is 17.3 Å². The zero-order chi connectivity index (χ0) is 17.9. The predicted octanol–water partition coefficient (Wildman–Crippen LogP) is 4.18. The Hall–Kier alpha value is -2.14. The quantitative estimate of drug-likeness (QED) is 0.828. The van der Waals surface area contributed by atoms with Crippen molar-refractivity contribution in [3.05, 3.63) is 59.9 Å². The SMILES string of the molecule is CC(C)(C)c1ccc(N=C2SCC(=O)N2CCc2ccccn2)cc1. The molecular weight excluding hydrogens is 330 g/mol. The normalized spacial score (nSPS) is 16.7. The molecule has 1 aliphatic rings. The molecule has 1 aromatic carbocycles. The maximum Gasteiger partial charge on any atom is 0.239 e. The predicted molar refractivity (Wildman–Crippen MR) is 104 cm³/mol. The van der Waals surface area contributed by atoms with Gasteiger partial charge in [-0.25, -0.2) is 4.99 Å². The van der Waals surface area contributed by atoms with Gasteiger partial charge in [0.15, 0.2) is 5.17 Å². The van der Waals surface area contributed by atoms with Gasteiger partial charge in [-0.15, -0.1) is 0 Å². The highest BCUT2D eigenvalue weighted by Crippen LogP contribution is 2.27. The summed E-state index contributed by atoms with van der Waals surface area (Å²) in [6.07, 6.45) is 2.51. The topological polar surface area (TPSA) is 45.6 Å². The van der Waals surface area contributed by atoms with Crippen LogP contribution in [0.4, 0.5) is 5.69 Å². The summed E-state index contributed by atoms with van der Waals surface area (Å²) < 4.78 is 0. The minimum Gasteiger partial charge on any atom is -0.290 e. The summed E-state index contributed by atoms with van der Waals surface area (Å²) in [4.78, 5) is 23.0. The monoisotopic (exact) mass is 353 g/mol. The van der Waals surface area contributed by atoms with E-state index in [1.54, 1.807) is 11.1 Å². The summed E-state index contributed by atoms with van der Waals surface area (Å²) in [5.74, 6) is 0.576. The fourth-order valence-electron chi connectivity index (χ4n) is 2.62. The van der Waals surface area contributed by atoms with Crippen LogP contribution in [-0.2, 0) is 16.6 Å². The van der Waals surface area contributed by atoms with Gasteiger partial charge in [0.25, 0.3) is 0 Å². The van der Waals surface area contributed by atoms with E-state index in [2.05, 4.69) is 42.9 Å². The summed E-state index contributed by atoms with van der Waals surface area (Å²) >= 11 is 1.50. The van der Waals surface area contributed by atoms with Crippen LogP contribution < -0.4 is 0 Å². The van der Waals surface area contributed by atoms with Crippen LogP contribution >= 0.6 is 11.8 Å². The van der Waals surface area contributed by atoms with Gasteiger partial charge < -0.3 is 0 Å². The van der Waals surface area contributed by atoms with Gasteiger partial charge in [-0.2, -0.15) is 0 Å². The van der Waals surface area contributed by atoms with E-state index in [1.807, 2.05) is 30.3 Å². The first-order valence-electron chi connectivity index (χ1n) is 8.46. The molecule has 0 bridgehead atoms. The first-order chi connectivity index (χ1) is 11.9. The van der Waals surface area contributed by atoms with Gasteiger partial charge in [-0.1, -0.05) is 50.7 Å². The van der Waals surface area contributed by atoms with Crippen molar-refractivity contribution in [1.29, 1.82) is 0 Å². The van der Waals surface area contributed by atoms with Crippen LogP contribution in [0.3, 0.4) is 0 Å². The molecule has 130 valence electrons. The highest BCUT2D eigenvalue weighted by molar-refractivity contribution is 8.15. The molecule has 4 nitrogen and oxygen atoms in total. The molecule has 3 rings (SSSR count). The van der Waals surface area contributed by atoms with Crippen LogP contribution in [0.1, 0.15) is 32.0 Å². The van der Waals surface area contributed by atoms with Crippen LogP contribution in [0.15, 0.2) is 53.7 Å². The molecule has 1 saturated heterocycles. The van der Waals surface area contributed by atoms with Crippen molar-refractivity contribution in [1.82, 2.24) is 9.88 Å². The summed E-state index contributed by atoms with van der Waals surface area (Å²) in [6, 6.07) is 14.1. The average molecular weight is 353 g/mol. The third-order valence-corrected chi connectivity index (χ3v) is 5.09. The van der Waals surface area contributed by atoms with E-state index in [4.69, 9.17) is 0 Å². The van der Waals surface area contributed by atoms with Gasteiger partial charge in [0.05, 0.1) is 11.4 Å². The van der Waals surface area contributed by atoms with E-state index in [0.717, 1.165) is 23.0 Å². The summed E-state index contributed by atoms with van der Waals surface area (Å²) in [7, 11) is 0. The molecule has 1 aromatic heterocycles. The molecule has 2 heterocycles. The number of aromatic nitrogens is 1. The Morgan fingerprint density at radius 1 is 1.16 bits per heavy atom. The number of thioether (sulfide) groups is 1. The van der Waals surface area contributed by atoms with Crippen LogP contribution in [-0.4, -0.2) is 33.3 Å². The Morgan fingerprint density at radius 2 is 1.92 bits per heavy atom. The summed E-state index contributed by atoms with van der Waals surface area (Å²) in [5.41, 5.74) is 3.27. The molecular formula is C20H23N3OS. The van der Waals surface area contributed by atoms with Crippen LogP contribution in [0.25, 0.3) is 0 Å². The second kappa shape index (κ2) is 7.40. The van der Waals surface area contributed by atoms with Crippen LogP contribution in [0.2, 0.25) is 0 Å². The molecule has 1 fully saturated rings. The lowest BCUT2D eigenvalue weighted by Crippen LogP contribution is -2.31. The van der Waals surface area contributed by atoms with Crippen LogP contribution in [0, 0.1) is 0 Å². The summed E-state index contributed by atoms with van der Waals surface area (Å²) in [5, 5.41) is 0.782. The number of carbonyl (C=O) groups is 1. The van der Waals surface area contributed by atoms with Gasteiger partial charge in [-0.3, -0.25) is 14.7 Å². The number of amidine groups is 1. The number of pyridine rings is 1. The first kappa shape index (κ1) is 17.7. The van der Waals surface area contributed by atoms with Gasteiger partial charge in [0, 0.05) is 24.9 Å². The lowest BCUT2D eigenvalue weighted by Gasteiger charge is -2.19. The van der Waals surface area contributed by atoms with Gasteiger partial charge in [-0.05, 0) is 35.2 Å². The van der Waals surface area contributed by atoms with E-state index in [9.17, 15) is 4.79 Å². The number of carbonyl (C=O) groups excluding carboxylic acids is 1. The Morgan fingerprint density at radius 3 is 2.56 bits per heavy atom. The lowest BCUT2D eigenvalue weighted by molar-refractivity contribution is -0.124. The zero-order valence-corrected chi connectivity index (χ0v) is 15.7. The van der Waals surface area contributed by atoms with Crippen LogP contribution in [0.5, 0.6) is 0 Å². The molecule has 0 aliphatic carbocycles. The van der Waals surface area contributed by atoms with Gasteiger partial charge >= 0.3 is 0 Å². The Balaban J connectivity index is 1.73. The molecule has 0 radical (unpaired) electrons. The molecule has 5 heteroatoms. The highest BCUT2D eigenvalue weighted by atomic mass is 32.2. The molecule has 1 amide bonds. The van der Waals surface area contributed by atoms with Crippen molar-refractivity contribution >= 4 is 28.5 Å². The smallest absolute Gasteiger partial charge is 0.239 e. The number of aliphatic imine (C=N–C) groups is 1. The molecule has 0 spiro atoms. The average Bonchev–Trinajstić information content (AvgIpc) is 2.93. The molecule has 0 unspecified atom stereocenters. The van der Waals surface area contributed by atoms with Crippen molar-refractivity contribution in [3.8, 4) is 0 Å². The maximum absolute atomic E-state index is 12.2. The lowest BCUT2D eigenvalue weighted by atomic mass is 9.87. The third kappa shape index (κ3) is 4.48. The molecule has 0 atom stereocenters. The fourth-order valence-corrected chi connectivity index (χ4v) is 3.55. The minimum absolute atomic E-state index is 0.117. The van der Waals surface area contributed by atoms with Crippen molar-refractivity contribution in [2.45, 2.75) is 32.6 Å². The number of benzene rings is 1. The molecule has 2 aromatic rings. The highest BCUT2D eigenvalue weighted by Gasteiger charge is 2.28. The third-order valence-electron chi connectivity index (χ3n) is 4.13. The molecule has 1 aliphatic heterocycles. The summed E-state index contributed by atoms with van der Waals surface area (Å²) in [6.45, 7) is 7.19. The molecule has 0 N–H and O–H groups in total. The Bertz CT molecular complexity index is 764. The zero-order valence-electron chi connectivity index (χ0n) is 14.9. The van der Waals surface area contributed by atoms with Crippen molar-refractivity contribution < 1.29 is 4.79 Å². The van der Waals surface area contributed by atoms with Gasteiger partial charge in [0.1, 0.15) is 0 Å². The van der Waals surface area contributed by atoms with E-state index >= 15 is 0 Å². The van der Waals surface area contributed by atoms with Gasteiger partial charge in [0.2, 0.25) is 5.91 Å². The Labute approximate surface area is 153 Å².